The zero-order valence-electron chi connectivity index (χ0n) is 9.89. The average molecular weight is 242 g/mol. The summed E-state index contributed by atoms with van der Waals surface area (Å²) in [6.07, 6.45) is 2.11. The maximum Gasteiger partial charge on any atom is 0.314 e. The fourth-order valence-corrected chi connectivity index (χ4v) is 2.74. The van der Waals surface area contributed by atoms with E-state index in [9.17, 15) is 15.0 Å². The van der Waals surface area contributed by atoms with Crippen LogP contribution in [0.2, 0.25) is 0 Å². The van der Waals surface area contributed by atoms with E-state index < -0.39 is 11.4 Å². The minimum atomic E-state index is -0.881. The van der Waals surface area contributed by atoms with E-state index >= 15 is 0 Å². The highest BCUT2D eigenvalue weighted by atomic mass is 16.4. The van der Waals surface area contributed by atoms with E-state index in [1.165, 1.54) is 0 Å². The van der Waals surface area contributed by atoms with E-state index in [0.717, 1.165) is 17.2 Å². The molecule has 0 amide bonds. The van der Waals surface area contributed by atoms with Gasteiger partial charge in [0.05, 0.1) is 5.41 Å². The molecule has 18 heavy (non-hydrogen) atoms. The molecule has 0 aromatic heterocycles. The SMILES string of the molecule is O=C(O)C1(c2cc3ccccc3cc2O)CCC1. The van der Waals surface area contributed by atoms with Crippen LogP contribution in [0.15, 0.2) is 36.4 Å². The van der Waals surface area contributed by atoms with E-state index in [4.69, 9.17) is 0 Å². The molecular formula is C15H14O3. The molecule has 1 fully saturated rings. The first kappa shape index (κ1) is 11.1. The first-order valence-electron chi connectivity index (χ1n) is 6.09. The van der Waals surface area contributed by atoms with Crippen LogP contribution in [0.25, 0.3) is 10.8 Å². The number of fused-ring (bicyclic) bond motifs is 1. The number of hydrogen-bond donors (Lipinski definition) is 2. The van der Waals surface area contributed by atoms with Gasteiger partial charge in [-0.15, -0.1) is 0 Å². The quantitative estimate of drug-likeness (QED) is 0.851. The molecule has 0 bridgehead atoms. The third-order valence-electron chi connectivity index (χ3n) is 4.00. The monoisotopic (exact) mass is 242 g/mol. The highest BCUT2D eigenvalue weighted by molar-refractivity contribution is 5.90. The standard InChI is InChI=1S/C15H14O3/c16-13-9-11-5-2-1-4-10(11)8-12(13)15(14(17)18)6-3-7-15/h1-2,4-5,8-9,16H,3,6-7H2,(H,17,18). The zero-order chi connectivity index (χ0) is 12.8. The summed E-state index contributed by atoms with van der Waals surface area (Å²) in [6.45, 7) is 0. The van der Waals surface area contributed by atoms with E-state index in [1.807, 2.05) is 30.3 Å². The molecule has 0 spiro atoms. The van der Waals surface area contributed by atoms with Crippen molar-refractivity contribution in [3.8, 4) is 5.75 Å². The largest absolute Gasteiger partial charge is 0.508 e. The summed E-state index contributed by atoms with van der Waals surface area (Å²) in [6, 6.07) is 11.1. The van der Waals surface area contributed by atoms with Crippen LogP contribution in [0.5, 0.6) is 5.75 Å². The van der Waals surface area contributed by atoms with Crippen molar-refractivity contribution in [2.75, 3.05) is 0 Å². The molecule has 3 rings (SSSR count). The summed E-state index contributed by atoms with van der Waals surface area (Å²) in [4.78, 5) is 11.5. The fraction of sp³-hybridized carbons (Fsp3) is 0.267. The minimum absolute atomic E-state index is 0.0933. The number of aliphatic carboxylic acids is 1. The first-order valence-corrected chi connectivity index (χ1v) is 6.09. The van der Waals surface area contributed by atoms with Gasteiger partial charge in [0.25, 0.3) is 0 Å². The number of benzene rings is 2. The fourth-order valence-electron chi connectivity index (χ4n) is 2.74. The number of carbonyl (C=O) groups is 1. The normalized spacial score (nSPS) is 17.3. The molecule has 0 unspecified atom stereocenters. The molecule has 3 heteroatoms. The number of carboxylic acids is 1. The van der Waals surface area contributed by atoms with Crippen molar-refractivity contribution in [2.24, 2.45) is 0 Å². The molecule has 2 aromatic rings. The number of aromatic hydroxyl groups is 1. The Bertz CT molecular complexity index is 627. The number of hydrogen-bond acceptors (Lipinski definition) is 2. The lowest BCUT2D eigenvalue weighted by Crippen LogP contribution is -2.42. The summed E-state index contributed by atoms with van der Waals surface area (Å²) in [5.74, 6) is -0.741. The maximum absolute atomic E-state index is 11.5. The molecule has 0 aliphatic heterocycles. The Morgan fingerprint density at radius 2 is 1.72 bits per heavy atom. The number of carboxylic acid groups (broad SMARTS) is 1. The van der Waals surface area contributed by atoms with Gasteiger partial charge >= 0.3 is 5.97 Å². The second-order valence-electron chi connectivity index (χ2n) is 4.96. The Kier molecular flexibility index (Phi) is 2.30. The molecule has 92 valence electrons. The van der Waals surface area contributed by atoms with Gasteiger partial charge in [-0.25, -0.2) is 0 Å². The number of phenolic OH excluding ortho intramolecular Hbond substituents is 1. The highest BCUT2D eigenvalue weighted by Crippen LogP contribution is 2.48. The Morgan fingerprint density at radius 1 is 1.11 bits per heavy atom. The maximum atomic E-state index is 11.5. The number of phenols is 1. The van der Waals surface area contributed by atoms with Crippen LogP contribution in [-0.2, 0) is 10.2 Å². The second kappa shape index (κ2) is 3.73. The third-order valence-corrected chi connectivity index (χ3v) is 4.00. The topological polar surface area (TPSA) is 57.5 Å². The molecule has 3 nitrogen and oxygen atoms in total. The van der Waals surface area contributed by atoms with Gasteiger partial charge in [-0.3, -0.25) is 4.79 Å². The van der Waals surface area contributed by atoms with E-state index in [1.54, 1.807) is 6.07 Å². The van der Waals surface area contributed by atoms with Gasteiger partial charge in [-0.05, 0) is 35.7 Å². The van der Waals surface area contributed by atoms with Gasteiger partial charge in [0.2, 0.25) is 0 Å². The van der Waals surface area contributed by atoms with Gasteiger partial charge in [0.15, 0.2) is 0 Å². The zero-order valence-corrected chi connectivity index (χ0v) is 9.89. The minimum Gasteiger partial charge on any atom is -0.508 e. The third kappa shape index (κ3) is 1.40. The van der Waals surface area contributed by atoms with Crippen molar-refractivity contribution >= 4 is 16.7 Å². The molecular weight excluding hydrogens is 228 g/mol. The Balaban J connectivity index is 2.23. The van der Waals surface area contributed by atoms with Crippen LogP contribution in [0.4, 0.5) is 0 Å². The van der Waals surface area contributed by atoms with Crippen molar-refractivity contribution in [1.82, 2.24) is 0 Å². The van der Waals surface area contributed by atoms with Crippen molar-refractivity contribution < 1.29 is 15.0 Å². The molecule has 2 N–H and O–H groups in total. The number of rotatable bonds is 2. The molecule has 0 saturated heterocycles. The Morgan fingerprint density at radius 3 is 2.22 bits per heavy atom. The summed E-state index contributed by atoms with van der Waals surface area (Å²) in [5, 5.41) is 21.4. The van der Waals surface area contributed by atoms with Gasteiger partial charge in [-0.2, -0.15) is 0 Å². The Hall–Kier alpha value is -2.03. The van der Waals surface area contributed by atoms with Crippen LogP contribution in [-0.4, -0.2) is 16.2 Å². The van der Waals surface area contributed by atoms with Gasteiger partial charge in [-0.1, -0.05) is 30.7 Å². The van der Waals surface area contributed by atoms with E-state index in [0.29, 0.717) is 18.4 Å². The first-order chi connectivity index (χ1) is 8.63. The van der Waals surface area contributed by atoms with Crippen molar-refractivity contribution in [3.63, 3.8) is 0 Å². The molecule has 2 aromatic carbocycles. The molecule has 1 aliphatic carbocycles. The van der Waals surface area contributed by atoms with Gasteiger partial charge in [0, 0.05) is 5.56 Å². The smallest absolute Gasteiger partial charge is 0.314 e. The van der Waals surface area contributed by atoms with E-state index in [2.05, 4.69) is 0 Å². The lowest BCUT2D eigenvalue weighted by molar-refractivity contribution is -0.147. The summed E-state index contributed by atoms with van der Waals surface area (Å²) < 4.78 is 0. The van der Waals surface area contributed by atoms with Gasteiger partial charge in [0.1, 0.15) is 5.75 Å². The van der Waals surface area contributed by atoms with Crippen molar-refractivity contribution in [2.45, 2.75) is 24.7 Å². The molecule has 1 saturated carbocycles. The summed E-state index contributed by atoms with van der Waals surface area (Å²) in [5.41, 5.74) is -0.325. The summed E-state index contributed by atoms with van der Waals surface area (Å²) >= 11 is 0. The van der Waals surface area contributed by atoms with Crippen LogP contribution in [0, 0.1) is 0 Å². The predicted molar refractivity (Wildman–Crippen MR) is 68.8 cm³/mol. The van der Waals surface area contributed by atoms with Crippen LogP contribution < -0.4 is 0 Å². The lowest BCUT2D eigenvalue weighted by atomic mass is 9.64. The second-order valence-corrected chi connectivity index (χ2v) is 4.96. The molecule has 0 radical (unpaired) electrons. The molecule has 0 heterocycles. The van der Waals surface area contributed by atoms with Gasteiger partial charge < -0.3 is 10.2 Å². The van der Waals surface area contributed by atoms with Crippen LogP contribution in [0.1, 0.15) is 24.8 Å². The van der Waals surface area contributed by atoms with Crippen LogP contribution in [0.3, 0.4) is 0 Å². The average Bonchev–Trinajstić information content (AvgIpc) is 2.27. The molecule has 0 atom stereocenters. The summed E-state index contributed by atoms with van der Waals surface area (Å²) in [7, 11) is 0. The highest BCUT2D eigenvalue weighted by Gasteiger charge is 2.47. The van der Waals surface area contributed by atoms with Crippen molar-refractivity contribution in [1.29, 1.82) is 0 Å². The van der Waals surface area contributed by atoms with Crippen molar-refractivity contribution in [3.05, 3.63) is 42.0 Å². The van der Waals surface area contributed by atoms with Crippen LogP contribution >= 0.6 is 0 Å². The lowest BCUT2D eigenvalue weighted by Gasteiger charge is -2.38. The predicted octanol–water partition coefficient (Wildman–Crippen LogP) is 3.05. The van der Waals surface area contributed by atoms with E-state index in [-0.39, 0.29) is 5.75 Å². The Labute approximate surface area is 105 Å². The molecule has 1 aliphatic rings.